The van der Waals surface area contributed by atoms with E-state index in [1.165, 1.54) is 13.2 Å². The van der Waals surface area contributed by atoms with E-state index in [9.17, 15) is 10.1 Å². The highest BCUT2D eigenvalue weighted by Crippen LogP contribution is 2.33. The van der Waals surface area contributed by atoms with Crippen molar-refractivity contribution in [2.75, 3.05) is 12.4 Å². The maximum atomic E-state index is 12.5. The molecule has 0 fully saturated rings. The fraction of sp³-hybridized carbons (Fsp3) is 0.200. The Morgan fingerprint density at radius 2 is 1.96 bits per heavy atom. The van der Waals surface area contributed by atoms with Crippen LogP contribution in [0.4, 0.5) is 5.69 Å². The molecule has 0 spiro atoms. The summed E-state index contributed by atoms with van der Waals surface area (Å²) in [6.45, 7) is 3.77. The lowest BCUT2D eigenvalue weighted by Crippen LogP contribution is -2.14. The monoisotopic (exact) mass is 370 g/mol. The summed E-state index contributed by atoms with van der Waals surface area (Å²) in [6.07, 6.45) is 1.37. The Labute approximate surface area is 157 Å². The normalized spacial score (nSPS) is 11.0. The number of methoxy groups -OCH3 is 1. The molecule has 2 aromatic rings. The second-order valence-corrected chi connectivity index (χ2v) is 6.06. The van der Waals surface area contributed by atoms with Crippen LogP contribution in [0.25, 0.3) is 6.08 Å². The molecular formula is C20H19ClN2O3. The molecule has 0 aromatic heterocycles. The number of amides is 1. The molecule has 0 heterocycles. The van der Waals surface area contributed by atoms with Crippen molar-refractivity contribution in [3.8, 4) is 17.6 Å². The summed E-state index contributed by atoms with van der Waals surface area (Å²) < 4.78 is 11.1. The number of rotatable bonds is 6. The van der Waals surface area contributed by atoms with Gasteiger partial charge in [-0.25, -0.2) is 0 Å². The van der Waals surface area contributed by atoms with Gasteiger partial charge >= 0.3 is 0 Å². The lowest BCUT2D eigenvalue weighted by Gasteiger charge is -2.16. The van der Waals surface area contributed by atoms with Gasteiger partial charge in [-0.1, -0.05) is 35.9 Å². The number of ether oxygens (including phenoxy) is 2. The first-order valence-corrected chi connectivity index (χ1v) is 8.35. The van der Waals surface area contributed by atoms with Crippen LogP contribution in [0, 0.1) is 11.3 Å². The predicted octanol–water partition coefficient (Wildman–Crippen LogP) is 4.68. The van der Waals surface area contributed by atoms with Crippen molar-refractivity contribution < 1.29 is 14.3 Å². The van der Waals surface area contributed by atoms with E-state index in [0.29, 0.717) is 27.8 Å². The number of anilines is 1. The van der Waals surface area contributed by atoms with Crippen LogP contribution in [-0.4, -0.2) is 19.1 Å². The van der Waals surface area contributed by atoms with Gasteiger partial charge < -0.3 is 14.8 Å². The summed E-state index contributed by atoms with van der Waals surface area (Å²) in [5.41, 5.74) is 0.931. The summed E-state index contributed by atoms with van der Waals surface area (Å²) in [7, 11) is 1.53. The van der Waals surface area contributed by atoms with Crippen molar-refractivity contribution in [2.24, 2.45) is 0 Å². The average molecular weight is 371 g/mol. The quantitative estimate of drug-likeness (QED) is 0.592. The molecule has 0 radical (unpaired) electrons. The molecule has 26 heavy (non-hydrogen) atoms. The molecule has 1 N–H and O–H groups in total. The van der Waals surface area contributed by atoms with Gasteiger partial charge in [0.2, 0.25) is 0 Å². The smallest absolute Gasteiger partial charge is 0.266 e. The van der Waals surface area contributed by atoms with E-state index in [2.05, 4.69) is 5.32 Å². The Hall–Kier alpha value is -2.97. The molecule has 0 aliphatic rings. The minimum atomic E-state index is -0.557. The van der Waals surface area contributed by atoms with Gasteiger partial charge in [0, 0.05) is 5.56 Å². The largest absolute Gasteiger partial charge is 0.493 e. The van der Waals surface area contributed by atoms with Crippen molar-refractivity contribution in [1.82, 2.24) is 0 Å². The SMILES string of the molecule is COc1cccc(/C=C(/C#N)C(=O)Nc2ccccc2Cl)c1OC(C)C. The van der Waals surface area contributed by atoms with E-state index in [4.69, 9.17) is 21.1 Å². The molecule has 0 saturated heterocycles. The van der Waals surface area contributed by atoms with Gasteiger partial charge in [0.25, 0.3) is 5.91 Å². The summed E-state index contributed by atoms with van der Waals surface area (Å²) in [5, 5.41) is 12.4. The van der Waals surface area contributed by atoms with E-state index in [1.807, 2.05) is 19.9 Å². The van der Waals surface area contributed by atoms with E-state index in [0.717, 1.165) is 0 Å². The number of benzene rings is 2. The number of hydrogen-bond acceptors (Lipinski definition) is 4. The third kappa shape index (κ3) is 4.78. The van der Waals surface area contributed by atoms with Crippen molar-refractivity contribution in [3.05, 3.63) is 58.6 Å². The molecule has 0 atom stereocenters. The molecule has 2 rings (SSSR count). The maximum absolute atomic E-state index is 12.5. The summed E-state index contributed by atoms with van der Waals surface area (Å²) in [6, 6.07) is 14.0. The molecule has 0 bridgehead atoms. The second kappa shape index (κ2) is 8.93. The Morgan fingerprint density at radius 1 is 1.23 bits per heavy atom. The molecule has 134 valence electrons. The molecule has 6 heteroatoms. The number of hydrogen-bond donors (Lipinski definition) is 1. The first-order chi connectivity index (χ1) is 12.5. The lowest BCUT2D eigenvalue weighted by molar-refractivity contribution is -0.112. The highest BCUT2D eigenvalue weighted by Gasteiger charge is 2.15. The van der Waals surface area contributed by atoms with Gasteiger partial charge in [0.05, 0.1) is 23.9 Å². The van der Waals surface area contributed by atoms with Crippen molar-refractivity contribution in [1.29, 1.82) is 5.26 Å². The Kier molecular flexibility index (Phi) is 6.65. The number of carbonyl (C=O) groups is 1. The topological polar surface area (TPSA) is 71.3 Å². The Balaban J connectivity index is 2.38. The summed E-state index contributed by atoms with van der Waals surface area (Å²) in [5.74, 6) is 0.443. The van der Waals surface area contributed by atoms with Gasteiger partial charge in [-0.3, -0.25) is 4.79 Å². The van der Waals surface area contributed by atoms with Crippen molar-refractivity contribution in [3.63, 3.8) is 0 Å². The highest BCUT2D eigenvalue weighted by molar-refractivity contribution is 6.34. The fourth-order valence-corrected chi connectivity index (χ4v) is 2.41. The van der Waals surface area contributed by atoms with Crippen LogP contribution in [0.5, 0.6) is 11.5 Å². The van der Waals surface area contributed by atoms with Gasteiger partial charge in [-0.05, 0) is 38.1 Å². The predicted molar refractivity (Wildman–Crippen MR) is 102 cm³/mol. The maximum Gasteiger partial charge on any atom is 0.266 e. The van der Waals surface area contributed by atoms with Crippen molar-refractivity contribution in [2.45, 2.75) is 20.0 Å². The fourth-order valence-electron chi connectivity index (χ4n) is 2.23. The average Bonchev–Trinajstić information content (AvgIpc) is 2.62. The van der Waals surface area contributed by atoms with E-state index < -0.39 is 5.91 Å². The van der Waals surface area contributed by atoms with Gasteiger partial charge in [-0.2, -0.15) is 5.26 Å². The van der Waals surface area contributed by atoms with Crippen LogP contribution in [0.3, 0.4) is 0 Å². The van der Waals surface area contributed by atoms with Crippen LogP contribution in [0.2, 0.25) is 5.02 Å². The zero-order valence-electron chi connectivity index (χ0n) is 14.7. The minimum absolute atomic E-state index is 0.0771. The zero-order valence-corrected chi connectivity index (χ0v) is 15.5. The third-order valence-electron chi connectivity index (χ3n) is 3.37. The standard InChI is InChI=1S/C20H19ClN2O3/c1-13(2)26-19-14(7-6-10-18(19)25-3)11-15(12-22)20(24)23-17-9-5-4-8-16(17)21/h4-11,13H,1-3H3,(H,23,24)/b15-11-. The third-order valence-corrected chi connectivity index (χ3v) is 3.70. The van der Waals surface area contributed by atoms with Crippen LogP contribution in [0.15, 0.2) is 48.0 Å². The number of nitrogens with one attached hydrogen (secondary N) is 1. The molecule has 0 aliphatic heterocycles. The molecule has 1 amide bonds. The van der Waals surface area contributed by atoms with Gasteiger partial charge in [-0.15, -0.1) is 0 Å². The van der Waals surface area contributed by atoms with Gasteiger partial charge in [0.1, 0.15) is 11.6 Å². The second-order valence-electron chi connectivity index (χ2n) is 5.65. The van der Waals surface area contributed by atoms with Crippen LogP contribution < -0.4 is 14.8 Å². The number of nitrogens with zero attached hydrogens (tertiary/aromatic N) is 1. The molecule has 2 aromatic carbocycles. The van der Waals surface area contributed by atoms with Crippen molar-refractivity contribution >= 4 is 29.3 Å². The Bertz CT molecular complexity index is 870. The molecule has 0 aliphatic carbocycles. The first-order valence-electron chi connectivity index (χ1n) is 7.97. The Morgan fingerprint density at radius 3 is 2.58 bits per heavy atom. The van der Waals surface area contributed by atoms with E-state index >= 15 is 0 Å². The molecule has 5 nitrogen and oxygen atoms in total. The number of halogens is 1. The lowest BCUT2D eigenvalue weighted by atomic mass is 10.1. The zero-order chi connectivity index (χ0) is 19.1. The molecular weight excluding hydrogens is 352 g/mol. The summed E-state index contributed by atoms with van der Waals surface area (Å²) >= 11 is 6.04. The highest BCUT2D eigenvalue weighted by atomic mass is 35.5. The summed E-state index contributed by atoms with van der Waals surface area (Å²) in [4.78, 5) is 12.5. The van der Waals surface area contributed by atoms with Crippen LogP contribution in [-0.2, 0) is 4.79 Å². The van der Waals surface area contributed by atoms with Crippen LogP contribution in [0.1, 0.15) is 19.4 Å². The number of para-hydroxylation sites is 2. The minimum Gasteiger partial charge on any atom is -0.493 e. The van der Waals surface area contributed by atoms with E-state index in [-0.39, 0.29) is 11.7 Å². The van der Waals surface area contributed by atoms with Crippen LogP contribution >= 0.6 is 11.6 Å². The number of nitriles is 1. The van der Waals surface area contributed by atoms with Gasteiger partial charge in [0.15, 0.2) is 11.5 Å². The number of carbonyl (C=O) groups excluding carboxylic acids is 1. The molecule has 0 saturated carbocycles. The first kappa shape index (κ1) is 19.4. The molecule has 0 unspecified atom stereocenters. The van der Waals surface area contributed by atoms with E-state index in [1.54, 1.807) is 42.5 Å².